The van der Waals surface area contributed by atoms with Gasteiger partial charge in [-0.05, 0) is 29.8 Å². The van der Waals surface area contributed by atoms with Gasteiger partial charge in [-0.15, -0.1) is 0 Å². The number of aromatic hydroxyl groups is 1. The number of hydrogen-bond donors (Lipinski definition) is 1. The Morgan fingerprint density at radius 2 is 1.87 bits per heavy atom. The van der Waals surface area contributed by atoms with Crippen molar-refractivity contribution >= 4 is 6.29 Å². The highest BCUT2D eigenvalue weighted by atomic mass is 16.5. The molecule has 0 bridgehead atoms. The van der Waals surface area contributed by atoms with Gasteiger partial charge in [0.2, 0.25) is 0 Å². The molecule has 2 aromatic rings. The quantitative estimate of drug-likeness (QED) is 0.876. The minimum Gasteiger partial charge on any atom is -0.504 e. The smallest absolute Gasteiger partial charge is 0.165 e. The molecule has 0 aliphatic carbocycles. The summed E-state index contributed by atoms with van der Waals surface area (Å²) in [4.78, 5) is 11.1. The number of benzene rings is 2. The molecule has 3 rings (SSSR count). The first-order valence-electron chi connectivity index (χ1n) is 7.29. The molecule has 1 aliphatic rings. The second-order valence-electron chi connectivity index (χ2n) is 5.52. The van der Waals surface area contributed by atoms with E-state index in [0.717, 1.165) is 17.4 Å². The number of carbonyl (C=O) groups excluding carboxylic acids is 1. The number of hydrogen-bond acceptors (Lipinski definition) is 5. The molecular weight excluding hydrogens is 296 g/mol. The third-order valence-corrected chi connectivity index (χ3v) is 4.18. The third kappa shape index (κ3) is 2.48. The maximum Gasteiger partial charge on any atom is 0.165 e. The Bertz CT molecular complexity index is 753. The summed E-state index contributed by atoms with van der Waals surface area (Å²) >= 11 is 0. The first kappa shape index (κ1) is 15.2. The Morgan fingerprint density at radius 3 is 2.52 bits per heavy atom. The molecule has 120 valence electrons. The highest BCUT2D eigenvalue weighted by Gasteiger charge is 2.35. The van der Waals surface area contributed by atoms with Gasteiger partial charge in [0, 0.05) is 17.0 Å². The molecule has 0 aromatic heterocycles. The van der Waals surface area contributed by atoms with Crippen LogP contribution < -0.4 is 14.2 Å². The molecule has 0 spiro atoms. The van der Waals surface area contributed by atoms with Crippen molar-refractivity contribution in [3.05, 3.63) is 47.0 Å². The lowest BCUT2D eigenvalue weighted by molar-refractivity contribution is 0.112. The van der Waals surface area contributed by atoms with Gasteiger partial charge in [-0.1, -0.05) is 13.0 Å². The van der Waals surface area contributed by atoms with Crippen LogP contribution in [0.15, 0.2) is 30.3 Å². The van der Waals surface area contributed by atoms with Gasteiger partial charge >= 0.3 is 0 Å². The Kier molecular flexibility index (Phi) is 3.86. The molecule has 0 saturated heterocycles. The van der Waals surface area contributed by atoms with Crippen molar-refractivity contribution in [2.75, 3.05) is 14.2 Å². The Hall–Kier alpha value is -2.69. The second kappa shape index (κ2) is 5.83. The van der Waals surface area contributed by atoms with E-state index in [9.17, 15) is 9.90 Å². The molecule has 1 aliphatic heterocycles. The summed E-state index contributed by atoms with van der Waals surface area (Å²) in [6, 6.07) is 8.64. The van der Waals surface area contributed by atoms with Gasteiger partial charge in [0.15, 0.2) is 23.0 Å². The molecule has 1 N–H and O–H groups in total. The molecule has 2 atom stereocenters. The molecule has 5 nitrogen and oxygen atoms in total. The van der Waals surface area contributed by atoms with Gasteiger partial charge in [-0.25, -0.2) is 0 Å². The van der Waals surface area contributed by atoms with Crippen LogP contribution in [0, 0.1) is 0 Å². The van der Waals surface area contributed by atoms with E-state index in [1.807, 2.05) is 13.0 Å². The monoisotopic (exact) mass is 314 g/mol. The van der Waals surface area contributed by atoms with E-state index in [-0.39, 0.29) is 17.8 Å². The molecule has 0 unspecified atom stereocenters. The van der Waals surface area contributed by atoms with Crippen LogP contribution in [0.1, 0.15) is 40.4 Å². The maximum atomic E-state index is 11.1. The highest BCUT2D eigenvalue weighted by molar-refractivity contribution is 5.78. The predicted molar refractivity (Wildman–Crippen MR) is 84.8 cm³/mol. The van der Waals surface area contributed by atoms with Crippen molar-refractivity contribution in [2.24, 2.45) is 0 Å². The molecule has 0 saturated carbocycles. The molecular formula is C18H18O5. The Labute approximate surface area is 134 Å². The zero-order valence-corrected chi connectivity index (χ0v) is 13.2. The number of phenolic OH excluding ortho intramolecular Hbond substituents is 1. The van der Waals surface area contributed by atoms with Crippen molar-refractivity contribution in [1.29, 1.82) is 0 Å². The molecule has 23 heavy (non-hydrogen) atoms. The lowest BCUT2D eigenvalue weighted by atomic mass is 9.91. The summed E-state index contributed by atoms with van der Waals surface area (Å²) in [7, 11) is 3.06. The van der Waals surface area contributed by atoms with Crippen LogP contribution in [0.2, 0.25) is 0 Å². The fourth-order valence-electron chi connectivity index (χ4n) is 2.95. The van der Waals surface area contributed by atoms with Crippen LogP contribution in [0.25, 0.3) is 0 Å². The largest absolute Gasteiger partial charge is 0.504 e. The molecule has 2 aromatic carbocycles. The third-order valence-electron chi connectivity index (χ3n) is 4.18. The standard InChI is InChI=1S/C18H18O5/c1-10-13-6-11(9-19)7-16(22-3)18(13)23-17(10)12-4-5-14(20)15(8-12)21-2/h4-10,17,20H,1-3H3/t10-,17-/m1/s1. The normalized spacial score (nSPS) is 18.9. The number of fused-ring (bicyclic) bond motifs is 1. The fraction of sp³-hybridized carbons (Fsp3) is 0.278. The molecule has 5 heteroatoms. The predicted octanol–water partition coefficient (Wildman–Crippen LogP) is 3.46. The molecule has 1 heterocycles. The van der Waals surface area contributed by atoms with Crippen molar-refractivity contribution in [3.63, 3.8) is 0 Å². The summed E-state index contributed by atoms with van der Waals surface area (Å²) in [6.07, 6.45) is 0.558. The van der Waals surface area contributed by atoms with E-state index < -0.39 is 0 Å². The van der Waals surface area contributed by atoms with E-state index in [4.69, 9.17) is 14.2 Å². The summed E-state index contributed by atoms with van der Waals surface area (Å²) in [5, 5.41) is 9.74. The minimum absolute atomic E-state index is 0.0352. The van der Waals surface area contributed by atoms with E-state index >= 15 is 0 Å². The molecule has 0 radical (unpaired) electrons. The highest BCUT2D eigenvalue weighted by Crippen LogP contribution is 2.51. The first-order chi connectivity index (χ1) is 11.1. The van der Waals surface area contributed by atoms with E-state index in [1.165, 1.54) is 7.11 Å². The maximum absolute atomic E-state index is 11.1. The number of rotatable bonds is 4. The average Bonchev–Trinajstić information content (AvgIpc) is 2.91. The van der Waals surface area contributed by atoms with Gasteiger partial charge < -0.3 is 19.3 Å². The van der Waals surface area contributed by atoms with Gasteiger partial charge in [0.25, 0.3) is 0 Å². The van der Waals surface area contributed by atoms with Crippen LogP contribution in [-0.2, 0) is 0 Å². The topological polar surface area (TPSA) is 65.0 Å². The first-order valence-corrected chi connectivity index (χ1v) is 7.29. The van der Waals surface area contributed by atoms with Crippen molar-refractivity contribution in [1.82, 2.24) is 0 Å². The molecule has 0 fully saturated rings. The van der Waals surface area contributed by atoms with Crippen LogP contribution in [-0.4, -0.2) is 25.6 Å². The van der Waals surface area contributed by atoms with Crippen LogP contribution in [0.3, 0.4) is 0 Å². The fourth-order valence-corrected chi connectivity index (χ4v) is 2.95. The molecule has 0 amide bonds. The van der Waals surface area contributed by atoms with Crippen LogP contribution in [0.4, 0.5) is 0 Å². The van der Waals surface area contributed by atoms with E-state index in [1.54, 1.807) is 31.4 Å². The van der Waals surface area contributed by atoms with Gasteiger partial charge in [-0.3, -0.25) is 4.79 Å². The van der Waals surface area contributed by atoms with Crippen molar-refractivity contribution in [3.8, 4) is 23.0 Å². The SMILES string of the molecule is COc1cc([C@@H]2Oc3c(OC)cc(C=O)cc3[C@H]2C)ccc1O. The number of ether oxygens (including phenoxy) is 3. The van der Waals surface area contributed by atoms with E-state index in [2.05, 4.69) is 0 Å². The average molecular weight is 314 g/mol. The minimum atomic E-state index is -0.240. The summed E-state index contributed by atoms with van der Waals surface area (Å²) in [6.45, 7) is 2.03. The number of methoxy groups -OCH3 is 2. The second-order valence-corrected chi connectivity index (χ2v) is 5.52. The van der Waals surface area contributed by atoms with Gasteiger partial charge in [-0.2, -0.15) is 0 Å². The number of aldehydes is 1. The lowest BCUT2D eigenvalue weighted by Crippen LogP contribution is -2.07. The Morgan fingerprint density at radius 1 is 1.13 bits per heavy atom. The van der Waals surface area contributed by atoms with Crippen LogP contribution in [0.5, 0.6) is 23.0 Å². The van der Waals surface area contributed by atoms with Gasteiger partial charge in [0.1, 0.15) is 12.4 Å². The van der Waals surface area contributed by atoms with Crippen molar-refractivity contribution < 1.29 is 24.1 Å². The summed E-state index contributed by atoms with van der Waals surface area (Å²) in [5.41, 5.74) is 2.38. The van der Waals surface area contributed by atoms with Gasteiger partial charge in [0.05, 0.1) is 14.2 Å². The zero-order valence-electron chi connectivity index (χ0n) is 13.2. The van der Waals surface area contributed by atoms with Crippen LogP contribution >= 0.6 is 0 Å². The Balaban J connectivity index is 2.03. The van der Waals surface area contributed by atoms with E-state index in [0.29, 0.717) is 22.8 Å². The van der Waals surface area contributed by atoms with Crippen molar-refractivity contribution in [2.45, 2.75) is 18.9 Å². The summed E-state index contributed by atoms with van der Waals surface area (Å²) < 4.78 is 16.6. The number of carbonyl (C=O) groups is 1. The zero-order chi connectivity index (χ0) is 16.6. The number of phenols is 1. The summed E-state index contributed by atoms with van der Waals surface area (Å²) in [5.74, 6) is 1.72. The lowest BCUT2D eigenvalue weighted by Gasteiger charge is -2.17.